The first-order chi connectivity index (χ1) is 14.0. The van der Waals surface area contributed by atoms with Crippen molar-refractivity contribution >= 4 is 40.8 Å². The molecule has 4 rings (SSSR count). The molecule has 1 fully saturated rings. The molecule has 2 aliphatic rings. The molecule has 0 aromatic heterocycles. The van der Waals surface area contributed by atoms with Crippen molar-refractivity contribution < 1.29 is 19.1 Å². The number of rotatable bonds is 5. The number of nitrogens with zero attached hydrogens (tertiary/aromatic N) is 1. The average Bonchev–Trinajstić information content (AvgIpc) is 3.35. The fraction of sp³-hybridized carbons (Fsp3) is 0.273. The molecular weight excluding hydrogens is 392 g/mol. The van der Waals surface area contributed by atoms with Crippen molar-refractivity contribution in [3.05, 3.63) is 52.5 Å². The Hall–Kier alpha value is -2.99. The van der Waals surface area contributed by atoms with Crippen molar-refractivity contribution in [1.29, 1.82) is 0 Å². The summed E-state index contributed by atoms with van der Waals surface area (Å²) in [5, 5.41) is 3.38. The number of hydrogen-bond donors (Lipinski definition) is 1. The van der Waals surface area contributed by atoms with Gasteiger partial charge in [0.25, 0.3) is 11.8 Å². The van der Waals surface area contributed by atoms with E-state index in [9.17, 15) is 9.59 Å². The van der Waals surface area contributed by atoms with Gasteiger partial charge in [0.05, 0.1) is 12.8 Å². The number of carbonyl (C=O) groups is 2. The number of fused-ring (bicyclic) bond motifs is 1. The Labute approximate surface area is 174 Å². The molecular formula is C22H21ClN2O4. The molecule has 2 aromatic carbocycles. The summed E-state index contributed by atoms with van der Waals surface area (Å²) >= 11 is 6.00. The first-order valence-corrected chi connectivity index (χ1v) is 9.84. The number of ether oxygens (including phenoxy) is 2. The Kier molecular flexibility index (Phi) is 5.45. The summed E-state index contributed by atoms with van der Waals surface area (Å²) < 4.78 is 11.1. The number of hydrogen-bond acceptors (Lipinski definition) is 4. The monoisotopic (exact) mass is 412 g/mol. The minimum atomic E-state index is -0.183. The highest BCUT2D eigenvalue weighted by atomic mass is 35.5. The van der Waals surface area contributed by atoms with Crippen LogP contribution in [0.3, 0.4) is 0 Å². The summed E-state index contributed by atoms with van der Waals surface area (Å²) in [6.45, 7) is 1.56. The number of likely N-dealkylation sites (tertiary alicyclic amines) is 1. The molecule has 0 unspecified atom stereocenters. The molecule has 150 valence electrons. The van der Waals surface area contributed by atoms with Gasteiger partial charge in [0.15, 0.2) is 18.1 Å². The molecule has 2 aliphatic heterocycles. The second kappa shape index (κ2) is 8.17. The predicted octanol–water partition coefficient (Wildman–Crippen LogP) is 3.84. The Bertz CT molecular complexity index is 996. The van der Waals surface area contributed by atoms with Crippen LogP contribution < -0.4 is 14.8 Å². The molecule has 1 N–H and O–H groups in total. The Balaban J connectivity index is 1.53. The molecule has 29 heavy (non-hydrogen) atoms. The molecule has 0 aliphatic carbocycles. The lowest BCUT2D eigenvalue weighted by molar-refractivity contribution is -0.132. The van der Waals surface area contributed by atoms with Gasteiger partial charge < -0.3 is 19.7 Å². The summed E-state index contributed by atoms with van der Waals surface area (Å²) in [7, 11) is 1.54. The maximum absolute atomic E-state index is 12.4. The summed E-state index contributed by atoms with van der Waals surface area (Å²) in [6, 6.07) is 10.7. The third-order valence-corrected chi connectivity index (χ3v) is 5.31. The smallest absolute Gasteiger partial charge is 0.260 e. The Morgan fingerprint density at radius 2 is 1.97 bits per heavy atom. The van der Waals surface area contributed by atoms with Crippen molar-refractivity contribution in [1.82, 2.24) is 4.90 Å². The highest BCUT2D eigenvalue weighted by Gasteiger charge is 2.24. The molecule has 2 heterocycles. The van der Waals surface area contributed by atoms with E-state index in [1.807, 2.05) is 17.0 Å². The van der Waals surface area contributed by atoms with Crippen LogP contribution in [0.1, 0.15) is 24.0 Å². The van der Waals surface area contributed by atoms with Crippen LogP contribution in [0.15, 0.2) is 36.4 Å². The van der Waals surface area contributed by atoms with Crippen LogP contribution in [0.2, 0.25) is 5.02 Å². The van der Waals surface area contributed by atoms with E-state index in [1.54, 1.807) is 37.5 Å². The lowest BCUT2D eigenvalue weighted by Gasteiger charge is -2.16. The van der Waals surface area contributed by atoms with Gasteiger partial charge in [0, 0.05) is 29.2 Å². The van der Waals surface area contributed by atoms with E-state index in [1.165, 1.54) is 0 Å². The van der Waals surface area contributed by atoms with Crippen molar-refractivity contribution in [2.75, 3.05) is 32.1 Å². The van der Waals surface area contributed by atoms with Gasteiger partial charge in [-0.25, -0.2) is 0 Å². The van der Waals surface area contributed by atoms with Crippen LogP contribution in [-0.2, 0) is 9.59 Å². The molecule has 2 aromatic rings. The van der Waals surface area contributed by atoms with E-state index in [0.29, 0.717) is 27.8 Å². The fourth-order valence-electron chi connectivity index (χ4n) is 3.57. The summed E-state index contributed by atoms with van der Waals surface area (Å²) in [4.78, 5) is 26.4. The largest absolute Gasteiger partial charge is 0.493 e. The molecule has 0 radical (unpaired) electrons. The zero-order valence-electron chi connectivity index (χ0n) is 16.0. The zero-order chi connectivity index (χ0) is 20.4. The normalized spacial score (nSPS) is 16.7. The molecule has 0 saturated carbocycles. The molecule has 7 heteroatoms. The number of carbonyl (C=O) groups excluding carboxylic acids is 2. The highest BCUT2D eigenvalue weighted by molar-refractivity contribution is 6.36. The van der Waals surface area contributed by atoms with Gasteiger partial charge in [-0.1, -0.05) is 23.7 Å². The molecule has 6 nitrogen and oxygen atoms in total. The Morgan fingerprint density at radius 3 is 2.72 bits per heavy atom. The maximum atomic E-state index is 12.4. The first-order valence-electron chi connectivity index (χ1n) is 9.47. The predicted molar refractivity (Wildman–Crippen MR) is 112 cm³/mol. The SMILES string of the molecule is COc1cc(/C=C2/C(=O)Nc3cc(Cl)ccc32)ccc1OCC(=O)N1CCCC1. The summed E-state index contributed by atoms with van der Waals surface area (Å²) in [5.74, 6) is 0.792. The zero-order valence-corrected chi connectivity index (χ0v) is 16.8. The standard InChI is InChI=1S/C22H21ClN2O4/c1-28-20-11-14(4-7-19(20)29-13-21(26)25-8-2-3-9-25)10-17-16-6-5-15(23)12-18(16)24-22(17)27/h4-7,10-12H,2-3,8-9,13H2,1H3,(H,24,27)/b17-10+. The van der Waals surface area contributed by atoms with E-state index < -0.39 is 0 Å². The fourth-order valence-corrected chi connectivity index (χ4v) is 3.74. The summed E-state index contributed by atoms with van der Waals surface area (Å²) in [5.41, 5.74) is 2.83. The number of halogens is 1. The van der Waals surface area contributed by atoms with Crippen LogP contribution in [0.5, 0.6) is 11.5 Å². The Morgan fingerprint density at radius 1 is 1.17 bits per heavy atom. The molecule has 0 bridgehead atoms. The third-order valence-electron chi connectivity index (χ3n) is 5.07. The minimum absolute atomic E-state index is 0.0198. The van der Waals surface area contributed by atoms with E-state index in [0.717, 1.165) is 37.1 Å². The summed E-state index contributed by atoms with van der Waals surface area (Å²) in [6.07, 6.45) is 3.87. The number of benzene rings is 2. The third kappa shape index (κ3) is 4.07. The number of nitrogens with one attached hydrogen (secondary N) is 1. The molecule has 0 atom stereocenters. The van der Waals surface area contributed by atoms with Crippen LogP contribution >= 0.6 is 11.6 Å². The van der Waals surface area contributed by atoms with Gasteiger partial charge >= 0.3 is 0 Å². The van der Waals surface area contributed by atoms with Gasteiger partial charge in [0.2, 0.25) is 0 Å². The van der Waals surface area contributed by atoms with E-state index in [4.69, 9.17) is 21.1 Å². The van der Waals surface area contributed by atoms with Gasteiger partial charge in [-0.05, 0) is 48.7 Å². The van der Waals surface area contributed by atoms with Gasteiger partial charge in [-0.15, -0.1) is 0 Å². The topological polar surface area (TPSA) is 67.9 Å². The molecule has 1 saturated heterocycles. The lowest BCUT2D eigenvalue weighted by Crippen LogP contribution is -2.32. The lowest BCUT2D eigenvalue weighted by atomic mass is 10.0. The number of amides is 2. The first kappa shape index (κ1) is 19.3. The average molecular weight is 413 g/mol. The molecule has 0 spiro atoms. The van der Waals surface area contributed by atoms with E-state index in [-0.39, 0.29) is 18.4 Å². The van der Waals surface area contributed by atoms with E-state index in [2.05, 4.69) is 5.32 Å². The molecule has 2 amide bonds. The van der Waals surface area contributed by atoms with E-state index >= 15 is 0 Å². The van der Waals surface area contributed by atoms with Gasteiger partial charge in [-0.2, -0.15) is 0 Å². The van der Waals surface area contributed by atoms with Crippen LogP contribution in [0.25, 0.3) is 11.6 Å². The van der Waals surface area contributed by atoms with Crippen LogP contribution in [0.4, 0.5) is 5.69 Å². The number of methoxy groups -OCH3 is 1. The quantitative estimate of drug-likeness (QED) is 0.757. The van der Waals surface area contributed by atoms with Crippen molar-refractivity contribution in [3.63, 3.8) is 0 Å². The second-order valence-corrected chi connectivity index (χ2v) is 7.43. The number of anilines is 1. The van der Waals surface area contributed by atoms with Crippen LogP contribution in [-0.4, -0.2) is 43.5 Å². The van der Waals surface area contributed by atoms with Crippen molar-refractivity contribution in [2.24, 2.45) is 0 Å². The van der Waals surface area contributed by atoms with Crippen LogP contribution in [0, 0.1) is 0 Å². The van der Waals surface area contributed by atoms with Crippen molar-refractivity contribution in [3.8, 4) is 11.5 Å². The minimum Gasteiger partial charge on any atom is -0.493 e. The van der Waals surface area contributed by atoms with Gasteiger partial charge in [-0.3, -0.25) is 9.59 Å². The van der Waals surface area contributed by atoms with Crippen molar-refractivity contribution in [2.45, 2.75) is 12.8 Å². The maximum Gasteiger partial charge on any atom is 0.260 e. The second-order valence-electron chi connectivity index (χ2n) is 6.99. The van der Waals surface area contributed by atoms with Gasteiger partial charge in [0.1, 0.15) is 0 Å². The highest BCUT2D eigenvalue weighted by Crippen LogP contribution is 2.36.